The molecule has 1 heterocycles. The van der Waals surface area contributed by atoms with E-state index < -0.39 is 0 Å². The van der Waals surface area contributed by atoms with Gasteiger partial charge < -0.3 is 4.52 Å². The number of nitrogens with zero attached hydrogens (tertiary/aromatic N) is 3. The van der Waals surface area contributed by atoms with Crippen LogP contribution in [0.15, 0.2) is 4.52 Å². The van der Waals surface area contributed by atoms with E-state index in [0.29, 0.717) is 18.7 Å². The van der Waals surface area contributed by atoms with Gasteiger partial charge in [-0.2, -0.15) is 22.0 Å². The lowest BCUT2D eigenvalue weighted by Crippen LogP contribution is -1.87. The molecule has 0 atom stereocenters. The fourth-order valence-corrected chi connectivity index (χ4v) is 1.47. The molecule has 0 saturated carbocycles. The van der Waals surface area contributed by atoms with Crippen LogP contribution in [-0.2, 0) is 12.2 Å². The van der Waals surface area contributed by atoms with Crippen LogP contribution >= 0.6 is 11.8 Å². The third-order valence-corrected chi connectivity index (χ3v) is 2.50. The Bertz CT molecular complexity index is 305. The fraction of sp³-hybridized carbons (Fsp3) is 0.667. The highest BCUT2D eigenvalue weighted by atomic mass is 32.2. The lowest BCUT2D eigenvalue weighted by atomic mass is 10.2. The Labute approximate surface area is 87.7 Å². The molecule has 0 N–H and O–H groups in total. The van der Waals surface area contributed by atoms with Crippen LogP contribution in [0.1, 0.15) is 31.5 Å². The predicted octanol–water partition coefficient (Wildman–Crippen LogP) is 2.17. The zero-order valence-electron chi connectivity index (χ0n) is 8.19. The average molecular weight is 211 g/mol. The first-order chi connectivity index (χ1) is 6.86. The molecular formula is C9H13N3OS. The first-order valence-corrected chi connectivity index (χ1v) is 5.78. The van der Waals surface area contributed by atoms with Gasteiger partial charge in [-0.3, -0.25) is 0 Å². The van der Waals surface area contributed by atoms with Crippen LogP contribution in [0.25, 0.3) is 0 Å². The van der Waals surface area contributed by atoms with Crippen molar-refractivity contribution >= 4 is 11.8 Å². The number of hydrogen-bond donors (Lipinski definition) is 0. The normalized spacial score (nSPS) is 10.0. The average Bonchev–Trinajstić information content (AvgIpc) is 2.63. The number of unbranched alkanes of at least 4 members (excludes halogenated alkanes) is 1. The van der Waals surface area contributed by atoms with Crippen molar-refractivity contribution in [3.8, 4) is 6.07 Å². The number of hydrogen-bond acceptors (Lipinski definition) is 5. The van der Waals surface area contributed by atoms with E-state index in [1.54, 1.807) is 11.8 Å². The SMILES string of the molecule is CCSCc1noc(CCCC#N)n1. The van der Waals surface area contributed by atoms with E-state index in [1.807, 2.05) is 0 Å². The highest BCUT2D eigenvalue weighted by Gasteiger charge is 2.04. The predicted molar refractivity (Wildman–Crippen MR) is 54.7 cm³/mol. The molecule has 0 amide bonds. The summed E-state index contributed by atoms with van der Waals surface area (Å²) in [4.78, 5) is 4.21. The summed E-state index contributed by atoms with van der Waals surface area (Å²) in [5.41, 5.74) is 0. The summed E-state index contributed by atoms with van der Waals surface area (Å²) < 4.78 is 5.02. The third-order valence-electron chi connectivity index (χ3n) is 1.62. The van der Waals surface area contributed by atoms with E-state index in [1.165, 1.54) is 0 Å². The van der Waals surface area contributed by atoms with Gasteiger partial charge in [-0.1, -0.05) is 12.1 Å². The van der Waals surface area contributed by atoms with E-state index in [2.05, 4.69) is 23.1 Å². The van der Waals surface area contributed by atoms with E-state index >= 15 is 0 Å². The quantitative estimate of drug-likeness (QED) is 0.675. The Hall–Kier alpha value is -1.02. The number of thioether (sulfide) groups is 1. The van der Waals surface area contributed by atoms with Gasteiger partial charge in [0.1, 0.15) is 0 Å². The Morgan fingerprint density at radius 3 is 3.14 bits per heavy atom. The lowest BCUT2D eigenvalue weighted by Gasteiger charge is -1.89. The summed E-state index contributed by atoms with van der Waals surface area (Å²) >= 11 is 1.77. The molecule has 0 radical (unpaired) electrons. The topological polar surface area (TPSA) is 62.7 Å². The molecule has 0 aromatic carbocycles. The minimum absolute atomic E-state index is 0.543. The van der Waals surface area contributed by atoms with Gasteiger partial charge >= 0.3 is 0 Å². The second-order valence-corrected chi connectivity index (χ2v) is 4.03. The largest absolute Gasteiger partial charge is 0.339 e. The standard InChI is InChI=1S/C9H13N3OS/c1-2-14-7-8-11-9(13-12-8)5-3-4-6-10/h2-5,7H2,1H3. The van der Waals surface area contributed by atoms with E-state index in [4.69, 9.17) is 9.78 Å². The van der Waals surface area contributed by atoms with E-state index in [9.17, 15) is 0 Å². The second kappa shape index (κ2) is 6.44. The molecule has 0 fully saturated rings. The third kappa shape index (κ3) is 3.79. The zero-order chi connectivity index (χ0) is 10.2. The summed E-state index contributed by atoms with van der Waals surface area (Å²) in [7, 11) is 0. The van der Waals surface area contributed by atoms with Crippen molar-refractivity contribution in [2.45, 2.75) is 31.9 Å². The molecule has 0 aliphatic heterocycles. The highest BCUT2D eigenvalue weighted by Crippen LogP contribution is 2.09. The van der Waals surface area contributed by atoms with Crippen molar-refractivity contribution in [1.29, 1.82) is 5.26 Å². The first-order valence-electron chi connectivity index (χ1n) is 4.63. The van der Waals surface area contributed by atoms with Gasteiger partial charge in [-0.05, 0) is 12.2 Å². The maximum absolute atomic E-state index is 8.35. The van der Waals surface area contributed by atoms with Crippen LogP contribution in [0.2, 0.25) is 0 Å². The molecule has 0 aliphatic rings. The van der Waals surface area contributed by atoms with Crippen LogP contribution < -0.4 is 0 Å². The van der Waals surface area contributed by atoms with E-state index in [0.717, 1.165) is 23.8 Å². The molecule has 0 spiro atoms. The molecular weight excluding hydrogens is 198 g/mol. The van der Waals surface area contributed by atoms with E-state index in [-0.39, 0.29) is 0 Å². The van der Waals surface area contributed by atoms with Gasteiger partial charge in [0.05, 0.1) is 11.8 Å². The Kier molecular flexibility index (Phi) is 5.08. The van der Waals surface area contributed by atoms with Gasteiger partial charge in [0.15, 0.2) is 5.82 Å². The smallest absolute Gasteiger partial charge is 0.226 e. The summed E-state index contributed by atoms with van der Waals surface area (Å²) in [5.74, 6) is 3.26. The molecule has 5 heteroatoms. The van der Waals surface area contributed by atoms with Crippen LogP contribution in [-0.4, -0.2) is 15.9 Å². The minimum Gasteiger partial charge on any atom is -0.339 e. The van der Waals surface area contributed by atoms with Gasteiger partial charge in [0, 0.05) is 12.8 Å². The Balaban J connectivity index is 2.32. The molecule has 0 saturated heterocycles. The van der Waals surface area contributed by atoms with Gasteiger partial charge in [0.2, 0.25) is 5.89 Å². The summed E-state index contributed by atoms with van der Waals surface area (Å²) in [6, 6.07) is 2.09. The molecule has 14 heavy (non-hydrogen) atoms. The molecule has 1 aromatic heterocycles. The van der Waals surface area contributed by atoms with Gasteiger partial charge in [0.25, 0.3) is 0 Å². The maximum Gasteiger partial charge on any atom is 0.226 e. The zero-order valence-corrected chi connectivity index (χ0v) is 9.01. The number of rotatable bonds is 6. The summed E-state index contributed by atoms with van der Waals surface area (Å²) in [5, 5.41) is 12.2. The molecule has 4 nitrogen and oxygen atoms in total. The van der Waals surface area contributed by atoms with Crippen LogP contribution in [0.4, 0.5) is 0 Å². The van der Waals surface area contributed by atoms with Crippen molar-refractivity contribution in [2.75, 3.05) is 5.75 Å². The fourth-order valence-electron chi connectivity index (χ4n) is 0.962. The molecule has 0 aliphatic carbocycles. The molecule has 76 valence electrons. The number of aryl methyl sites for hydroxylation is 1. The molecule has 1 rings (SSSR count). The maximum atomic E-state index is 8.35. The van der Waals surface area contributed by atoms with Crippen LogP contribution in [0, 0.1) is 11.3 Å². The Morgan fingerprint density at radius 1 is 1.57 bits per heavy atom. The first kappa shape index (κ1) is 11.1. The van der Waals surface area contributed by atoms with Crippen molar-refractivity contribution in [3.05, 3.63) is 11.7 Å². The number of aromatic nitrogens is 2. The van der Waals surface area contributed by atoms with Crippen molar-refractivity contribution in [3.63, 3.8) is 0 Å². The molecule has 1 aromatic rings. The van der Waals surface area contributed by atoms with Crippen molar-refractivity contribution in [2.24, 2.45) is 0 Å². The van der Waals surface area contributed by atoms with Gasteiger partial charge in [-0.25, -0.2) is 0 Å². The minimum atomic E-state index is 0.543. The number of nitriles is 1. The summed E-state index contributed by atoms with van der Waals surface area (Å²) in [6.45, 7) is 2.10. The monoisotopic (exact) mass is 211 g/mol. The molecule has 0 unspecified atom stereocenters. The molecule has 0 bridgehead atoms. The lowest BCUT2D eigenvalue weighted by molar-refractivity contribution is 0.372. The van der Waals surface area contributed by atoms with Crippen molar-refractivity contribution < 1.29 is 4.52 Å². The van der Waals surface area contributed by atoms with Crippen molar-refractivity contribution in [1.82, 2.24) is 10.1 Å². The van der Waals surface area contributed by atoms with Crippen LogP contribution in [0.3, 0.4) is 0 Å². The second-order valence-electron chi connectivity index (χ2n) is 2.75. The summed E-state index contributed by atoms with van der Waals surface area (Å²) in [6.07, 6.45) is 2.04. The van der Waals surface area contributed by atoms with Crippen LogP contribution in [0.5, 0.6) is 0 Å². The highest BCUT2D eigenvalue weighted by molar-refractivity contribution is 7.98. The van der Waals surface area contributed by atoms with Gasteiger partial charge in [-0.15, -0.1) is 0 Å². The Morgan fingerprint density at radius 2 is 2.43 bits per heavy atom.